The third-order valence-corrected chi connectivity index (χ3v) is 6.20. The minimum Gasteiger partial charge on any atom is -0.340 e. The highest BCUT2D eigenvalue weighted by atomic mass is 32.2. The first-order chi connectivity index (χ1) is 8.93. The average molecular weight is 289 g/mol. The second kappa shape index (κ2) is 5.76. The molecule has 6 nitrogen and oxygen atoms in total. The molecule has 7 heteroatoms. The van der Waals surface area contributed by atoms with Crippen LogP contribution in [0, 0.1) is 0 Å². The maximum absolute atomic E-state index is 12.6. The Kier molecular flexibility index (Phi) is 4.47. The maximum Gasteiger partial charge on any atom is 0.282 e. The molecule has 0 aliphatic carbocycles. The summed E-state index contributed by atoms with van der Waals surface area (Å²) in [6.45, 7) is 5.93. The third-order valence-electron chi connectivity index (χ3n) is 4.05. The van der Waals surface area contributed by atoms with E-state index < -0.39 is 10.2 Å². The zero-order chi connectivity index (χ0) is 14.0. The number of rotatable bonds is 2. The highest BCUT2D eigenvalue weighted by molar-refractivity contribution is 7.86. The van der Waals surface area contributed by atoms with Crippen LogP contribution in [0.3, 0.4) is 0 Å². The Bertz CT molecular complexity index is 430. The Hall–Kier alpha value is -0.660. The maximum atomic E-state index is 12.6. The first kappa shape index (κ1) is 14.7. The predicted octanol–water partition coefficient (Wildman–Crippen LogP) is 0.270. The van der Waals surface area contributed by atoms with E-state index in [-0.39, 0.29) is 11.9 Å². The fourth-order valence-electron chi connectivity index (χ4n) is 2.80. The van der Waals surface area contributed by atoms with E-state index in [4.69, 9.17) is 0 Å². The van der Waals surface area contributed by atoms with E-state index >= 15 is 0 Å². The van der Waals surface area contributed by atoms with Crippen molar-refractivity contribution in [3.05, 3.63) is 0 Å². The number of piperazine rings is 1. The van der Waals surface area contributed by atoms with Crippen LogP contribution in [0.2, 0.25) is 0 Å². The molecule has 2 aliphatic rings. The normalized spacial score (nSPS) is 27.5. The molecule has 0 bridgehead atoms. The molecule has 0 aromatic rings. The fourth-order valence-corrected chi connectivity index (χ4v) is 4.64. The molecule has 1 atom stereocenters. The van der Waals surface area contributed by atoms with Crippen molar-refractivity contribution < 1.29 is 13.2 Å². The summed E-state index contributed by atoms with van der Waals surface area (Å²) in [6, 6.07) is 0.0876. The third kappa shape index (κ3) is 3.09. The molecular weight excluding hydrogens is 266 g/mol. The summed E-state index contributed by atoms with van der Waals surface area (Å²) in [5.41, 5.74) is 0. The van der Waals surface area contributed by atoms with Crippen molar-refractivity contribution in [2.45, 2.75) is 39.2 Å². The van der Waals surface area contributed by atoms with Crippen molar-refractivity contribution >= 4 is 16.1 Å². The number of piperidine rings is 1. The first-order valence-corrected chi connectivity index (χ1v) is 8.35. The molecule has 0 radical (unpaired) electrons. The van der Waals surface area contributed by atoms with Crippen molar-refractivity contribution in [1.82, 2.24) is 13.5 Å². The molecule has 0 aromatic heterocycles. The number of carbonyl (C=O) groups excluding carboxylic acids is 1. The molecule has 110 valence electrons. The summed E-state index contributed by atoms with van der Waals surface area (Å²) in [6.07, 6.45) is 2.98. The fraction of sp³-hybridized carbons (Fsp3) is 0.917. The summed E-state index contributed by atoms with van der Waals surface area (Å²) in [4.78, 5) is 13.0. The van der Waals surface area contributed by atoms with Gasteiger partial charge in [0.15, 0.2) is 0 Å². The van der Waals surface area contributed by atoms with Gasteiger partial charge in [-0.25, -0.2) is 0 Å². The molecule has 2 aliphatic heterocycles. The highest BCUT2D eigenvalue weighted by Gasteiger charge is 2.36. The van der Waals surface area contributed by atoms with Gasteiger partial charge < -0.3 is 4.90 Å². The van der Waals surface area contributed by atoms with Gasteiger partial charge in [0.1, 0.15) is 0 Å². The van der Waals surface area contributed by atoms with Crippen LogP contribution < -0.4 is 0 Å². The molecule has 0 saturated carbocycles. The largest absolute Gasteiger partial charge is 0.340 e. The van der Waals surface area contributed by atoms with Gasteiger partial charge in [-0.1, -0.05) is 6.42 Å². The zero-order valence-corrected chi connectivity index (χ0v) is 12.5. The van der Waals surface area contributed by atoms with E-state index in [0.29, 0.717) is 32.7 Å². The molecule has 1 amide bonds. The molecule has 0 spiro atoms. The van der Waals surface area contributed by atoms with Gasteiger partial charge in [0.05, 0.1) is 0 Å². The van der Waals surface area contributed by atoms with Crippen LogP contribution in [0.15, 0.2) is 0 Å². The van der Waals surface area contributed by atoms with Gasteiger partial charge in [0.2, 0.25) is 5.91 Å². The Morgan fingerprint density at radius 2 is 1.68 bits per heavy atom. The summed E-state index contributed by atoms with van der Waals surface area (Å²) in [5, 5.41) is 0. The van der Waals surface area contributed by atoms with Crippen molar-refractivity contribution in [2.24, 2.45) is 0 Å². The average Bonchev–Trinajstić information content (AvgIpc) is 2.39. The minimum atomic E-state index is -3.35. The lowest BCUT2D eigenvalue weighted by Crippen LogP contribution is -2.56. The highest BCUT2D eigenvalue weighted by Crippen LogP contribution is 2.23. The molecule has 2 saturated heterocycles. The summed E-state index contributed by atoms with van der Waals surface area (Å²) in [5.74, 6) is 0.0170. The number of amides is 1. The Labute approximate surface area is 115 Å². The monoisotopic (exact) mass is 289 g/mol. The molecule has 2 rings (SSSR count). The lowest BCUT2D eigenvalue weighted by atomic mass is 10.1. The van der Waals surface area contributed by atoms with Crippen LogP contribution in [0.25, 0.3) is 0 Å². The minimum absolute atomic E-state index is 0.0170. The van der Waals surface area contributed by atoms with E-state index in [1.807, 2.05) is 6.92 Å². The number of hydrogen-bond donors (Lipinski definition) is 0. The summed E-state index contributed by atoms with van der Waals surface area (Å²) < 4.78 is 28.3. The lowest BCUT2D eigenvalue weighted by Gasteiger charge is -2.39. The molecule has 0 N–H and O–H groups in total. The Morgan fingerprint density at radius 3 is 2.21 bits per heavy atom. The van der Waals surface area contributed by atoms with Crippen LogP contribution in [-0.4, -0.2) is 66.6 Å². The van der Waals surface area contributed by atoms with Crippen LogP contribution >= 0.6 is 0 Å². The van der Waals surface area contributed by atoms with Crippen LogP contribution in [0.5, 0.6) is 0 Å². The number of hydrogen-bond acceptors (Lipinski definition) is 3. The van der Waals surface area contributed by atoms with E-state index in [1.165, 1.54) is 11.2 Å². The van der Waals surface area contributed by atoms with E-state index in [0.717, 1.165) is 19.3 Å². The van der Waals surface area contributed by atoms with Gasteiger partial charge in [-0.2, -0.15) is 17.0 Å². The molecule has 2 heterocycles. The van der Waals surface area contributed by atoms with Crippen LogP contribution in [0.4, 0.5) is 0 Å². The van der Waals surface area contributed by atoms with Gasteiger partial charge in [-0.3, -0.25) is 4.79 Å². The molecule has 19 heavy (non-hydrogen) atoms. The van der Waals surface area contributed by atoms with Crippen molar-refractivity contribution in [2.75, 3.05) is 32.7 Å². The molecule has 0 aromatic carbocycles. The summed E-state index contributed by atoms with van der Waals surface area (Å²) >= 11 is 0. The standard InChI is InChI=1S/C12H23N3O3S/c1-11-5-3-4-6-15(11)19(17,18)14-9-7-13(8-10-14)12(2)16/h11H,3-10H2,1-2H3. The van der Waals surface area contributed by atoms with E-state index in [1.54, 1.807) is 9.21 Å². The zero-order valence-electron chi connectivity index (χ0n) is 11.7. The second-order valence-corrected chi connectivity index (χ2v) is 7.25. The predicted molar refractivity (Wildman–Crippen MR) is 72.8 cm³/mol. The summed E-state index contributed by atoms with van der Waals surface area (Å²) in [7, 11) is -3.35. The van der Waals surface area contributed by atoms with Crippen LogP contribution in [0.1, 0.15) is 33.1 Å². The number of carbonyl (C=O) groups is 1. The van der Waals surface area contributed by atoms with E-state index in [9.17, 15) is 13.2 Å². The first-order valence-electron chi connectivity index (χ1n) is 6.95. The van der Waals surface area contributed by atoms with E-state index in [2.05, 4.69) is 0 Å². The SMILES string of the molecule is CC(=O)N1CCN(S(=O)(=O)N2CCCCC2C)CC1. The Morgan fingerprint density at radius 1 is 1.05 bits per heavy atom. The van der Waals surface area contributed by atoms with Gasteiger partial charge in [-0.05, 0) is 19.8 Å². The van der Waals surface area contributed by atoms with Crippen molar-refractivity contribution in [3.8, 4) is 0 Å². The molecular formula is C12H23N3O3S. The van der Waals surface area contributed by atoms with Gasteiger partial charge in [0, 0.05) is 45.7 Å². The van der Waals surface area contributed by atoms with Crippen molar-refractivity contribution in [3.63, 3.8) is 0 Å². The van der Waals surface area contributed by atoms with Gasteiger partial charge in [0.25, 0.3) is 10.2 Å². The van der Waals surface area contributed by atoms with Gasteiger partial charge in [-0.15, -0.1) is 0 Å². The smallest absolute Gasteiger partial charge is 0.282 e. The Balaban J connectivity index is 2.03. The number of nitrogens with zero attached hydrogens (tertiary/aromatic N) is 3. The quantitative estimate of drug-likeness (QED) is 0.733. The lowest BCUT2D eigenvalue weighted by molar-refractivity contribution is -0.130. The second-order valence-electron chi connectivity index (χ2n) is 5.37. The topological polar surface area (TPSA) is 60.9 Å². The molecule has 2 fully saturated rings. The van der Waals surface area contributed by atoms with Crippen molar-refractivity contribution in [1.29, 1.82) is 0 Å². The van der Waals surface area contributed by atoms with Gasteiger partial charge >= 0.3 is 0 Å². The molecule has 1 unspecified atom stereocenters. The van der Waals surface area contributed by atoms with Crippen LogP contribution in [-0.2, 0) is 15.0 Å².